The number of methoxy groups -OCH3 is 1. The van der Waals surface area contributed by atoms with E-state index in [9.17, 15) is 9.18 Å². The Hall–Kier alpha value is -1.42. The highest BCUT2D eigenvalue weighted by atomic mass is 19.1. The van der Waals surface area contributed by atoms with Crippen LogP contribution in [-0.4, -0.2) is 26.1 Å². The van der Waals surface area contributed by atoms with Gasteiger partial charge >= 0.3 is 0 Å². The van der Waals surface area contributed by atoms with Gasteiger partial charge in [-0.05, 0) is 12.1 Å². The fraction of sp³-hybridized carbons (Fsp3) is 0.364. The minimum atomic E-state index is -0.405. The Morgan fingerprint density at radius 1 is 1.67 bits per heavy atom. The van der Waals surface area contributed by atoms with E-state index in [-0.39, 0.29) is 11.7 Å². The zero-order valence-electron chi connectivity index (χ0n) is 8.33. The summed E-state index contributed by atoms with van der Waals surface area (Å²) in [5.41, 5.74) is 1.00. The van der Waals surface area contributed by atoms with Gasteiger partial charge in [0, 0.05) is 19.1 Å². The Morgan fingerprint density at radius 2 is 2.47 bits per heavy atom. The van der Waals surface area contributed by atoms with E-state index in [1.807, 2.05) is 0 Å². The Morgan fingerprint density at radius 3 is 3.13 bits per heavy atom. The summed E-state index contributed by atoms with van der Waals surface area (Å²) in [5, 5.41) is 0. The van der Waals surface area contributed by atoms with Crippen molar-refractivity contribution < 1.29 is 18.7 Å². The molecule has 0 aromatic heterocycles. The van der Waals surface area contributed by atoms with E-state index in [2.05, 4.69) is 0 Å². The normalized spacial score (nSPS) is 18.4. The Kier molecular flexibility index (Phi) is 2.68. The van der Waals surface area contributed by atoms with E-state index in [4.69, 9.17) is 9.47 Å². The molecular weight excluding hydrogens is 199 g/mol. The number of fused-ring (bicyclic) bond motifs is 1. The summed E-state index contributed by atoms with van der Waals surface area (Å²) in [6.45, 7) is 0.439. The lowest BCUT2D eigenvalue weighted by molar-refractivity contribution is 0.0937. The summed E-state index contributed by atoms with van der Waals surface area (Å²) < 4.78 is 23.5. The largest absolute Gasteiger partial charge is 0.487 e. The van der Waals surface area contributed by atoms with Gasteiger partial charge in [0.25, 0.3) is 0 Å². The van der Waals surface area contributed by atoms with Crippen LogP contribution in [0.25, 0.3) is 0 Å². The molecule has 0 saturated carbocycles. The molecule has 1 atom stereocenters. The highest BCUT2D eigenvalue weighted by Gasteiger charge is 2.26. The molecule has 1 aromatic rings. The molecule has 4 heteroatoms. The maximum atomic E-state index is 13.1. The molecule has 80 valence electrons. The topological polar surface area (TPSA) is 35.5 Å². The van der Waals surface area contributed by atoms with Crippen LogP contribution in [-0.2, 0) is 11.2 Å². The van der Waals surface area contributed by atoms with E-state index in [1.54, 1.807) is 7.11 Å². The van der Waals surface area contributed by atoms with Gasteiger partial charge in [-0.1, -0.05) is 0 Å². The van der Waals surface area contributed by atoms with E-state index in [0.717, 1.165) is 5.56 Å². The van der Waals surface area contributed by atoms with Crippen molar-refractivity contribution in [3.05, 3.63) is 29.1 Å². The van der Waals surface area contributed by atoms with Crippen molar-refractivity contribution in [2.75, 3.05) is 13.7 Å². The second kappa shape index (κ2) is 3.98. The Balaban J connectivity index is 2.32. The second-order valence-electron chi connectivity index (χ2n) is 3.50. The SMILES string of the molecule is COCC1Cc2cc(F)cc(C=O)c2O1. The summed E-state index contributed by atoms with van der Waals surface area (Å²) in [5.74, 6) is 0.0889. The van der Waals surface area contributed by atoms with E-state index in [0.29, 0.717) is 25.1 Å². The molecule has 0 N–H and O–H groups in total. The first kappa shape index (κ1) is 10.1. The van der Waals surface area contributed by atoms with Crippen molar-refractivity contribution in [3.8, 4) is 5.75 Å². The van der Waals surface area contributed by atoms with Crippen LogP contribution in [0.3, 0.4) is 0 Å². The molecule has 0 bridgehead atoms. The molecule has 0 spiro atoms. The maximum Gasteiger partial charge on any atom is 0.153 e. The maximum absolute atomic E-state index is 13.1. The third-order valence-electron chi connectivity index (χ3n) is 2.37. The Bertz CT molecular complexity index is 390. The monoisotopic (exact) mass is 210 g/mol. The predicted octanol–water partition coefficient (Wildman–Crippen LogP) is 1.59. The molecule has 0 fully saturated rings. The molecule has 0 aliphatic carbocycles. The lowest BCUT2D eigenvalue weighted by Gasteiger charge is -2.09. The van der Waals surface area contributed by atoms with Crippen LogP contribution in [0.15, 0.2) is 12.1 Å². The van der Waals surface area contributed by atoms with Gasteiger partial charge in [-0.15, -0.1) is 0 Å². The highest BCUT2D eigenvalue weighted by Crippen LogP contribution is 2.32. The molecule has 2 rings (SSSR count). The Labute approximate surface area is 86.8 Å². The molecular formula is C11H11FO3. The smallest absolute Gasteiger partial charge is 0.153 e. The van der Waals surface area contributed by atoms with Gasteiger partial charge < -0.3 is 9.47 Å². The van der Waals surface area contributed by atoms with Gasteiger partial charge in [-0.25, -0.2) is 4.39 Å². The summed E-state index contributed by atoms with van der Waals surface area (Å²) in [7, 11) is 1.58. The number of ether oxygens (including phenoxy) is 2. The third kappa shape index (κ3) is 1.85. The molecule has 0 amide bonds. The fourth-order valence-electron chi connectivity index (χ4n) is 1.79. The van der Waals surface area contributed by atoms with Gasteiger partial charge in [-0.2, -0.15) is 0 Å². The molecule has 1 aliphatic heterocycles. The van der Waals surface area contributed by atoms with Crippen LogP contribution in [0, 0.1) is 5.82 Å². The van der Waals surface area contributed by atoms with E-state index >= 15 is 0 Å². The first-order valence-electron chi connectivity index (χ1n) is 4.67. The average molecular weight is 210 g/mol. The molecule has 1 aromatic carbocycles. The minimum absolute atomic E-state index is 0.120. The predicted molar refractivity (Wildman–Crippen MR) is 51.8 cm³/mol. The summed E-state index contributed by atoms with van der Waals surface area (Å²) in [4.78, 5) is 10.7. The van der Waals surface area contributed by atoms with Crippen molar-refractivity contribution in [2.45, 2.75) is 12.5 Å². The molecule has 1 unspecified atom stereocenters. The fourth-order valence-corrected chi connectivity index (χ4v) is 1.79. The number of halogens is 1. The second-order valence-corrected chi connectivity index (χ2v) is 3.50. The van der Waals surface area contributed by atoms with E-state index in [1.165, 1.54) is 12.1 Å². The number of benzene rings is 1. The standard InChI is InChI=1S/C11H11FO3/c1-14-6-10-4-7-2-9(12)3-8(5-13)11(7)15-10/h2-3,5,10H,4,6H2,1H3. The summed E-state index contributed by atoms with van der Waals surface area (Å²) in [6, 6.07) is 2.58. The van der Waals surface area contributed by atoms with Crippen LogP contribution in [0.2, 0.25) is 0 Å². The van der Waals surface area contributed by atoms with Gasteiger partial charge in [-0.3, -0.25) is 4.79 Å². The first-order valence-corrected chi connectivity index (χ1v) is 4.67. The van der Waals surface area contributed by atoms with Crippen LogP contribution in [0.5, 0.6) is 5.75 Å². The van der Waals surface area contributed by atoms with Crippen LogP contribution >= 0.6 is 0 Å². The average Bonchev–Trinajstić information content (AvgIpc) is 2.59. The van der Waals surface area contributed by atoms with Crippen molar-refractivity contribution in [1.82, 2.24) is 0 Å². The number of hydrogen-bond donors (Lipinski definition) is 0. The summed E-state index contributed by atoms with van der Waals surface area (Å²) in [6.07, 6.45) is 1.07. The number of aldehydes is 1. The molecule has 1 heterocycles. The lowest BCUT2D eigenvalue weighted by atomic mass is 10.1. The van der Waals surface area contributed by atoms with Crippen molar-refractivity contribution in [1.29, 1.82) is 0 Å². The number of rotatable bonds is 3. The molecule has 0 saturated heterocycles. The third-order valence-corrected chi connectivity index (χ3v) is 2.37. The van der Waals surface area contributed by atoms with Crippen molar-refractivity contribution in [3.63, 3.8) is 0 Å². The van der Waals surface area contributed by atoms with Crippen LogP contribution < -0.4 is 4.74 Å². The zero-order chi connectivity index (χ0) is 10.8. The lowest BCUT2D eigenvalue weighted by Crippen LogP contribution is -2.19. The van der Waals surface area contributed by atoms with E-state index < -0.39 is 5.82 Å². The van der Waals surface area contributed by atoms with Crippen molar-refractivity contribution in [2.24, 2.45) is 0 Å². The molecule has 0 radical (unpaired) electrons. The summed E-state index contributed by atoms with van der Waals surface area (Å²) >= 11 is 0. The molecule has 3 nitrogen and oxygen atoms in total. The van der Waals surface area contributed by atoms with Gasteiger partial charge in [0.05, 0.1) is 12.2 Å². The first-order chi connectivity index (χ1) is 7.24. The van der Waals surface area contributed by atoms with Crippen LogP contribution in [0.1, 0.15) is 15.9 Å². The highest BCUT2D eigenvalue weighted by molar-refractivity contribution is 5.80. The quantitative estimate of drug-likeness (QED) is 0.711. The zero-order valence-corrected chi connectivity index (χ0v) is 8.33. The van der Waals surface area contributed by atoms with Gasteiger partial charge in [0.1, 0.15) is 17.7 Å². The van der Waals surface area contributed by atoms with Crippen LogP contribution in [0.4, 0.5) is 4.39 Å². The van der Waals surface area contributed by atoms with Gasteiger partial charge in [0.15, 0.2) is 6.29 Å². The minimum Gasteiger partial charge on any atom is -0.487 e. The number of carbonyl (C=O) groups excluding carboxylic acids is 1. The molecule has 1 aliphatic rings. The molecule has 15 heavy (non-hydrogen) atoms. The van der Waals surface area contributed by atoms with Gasteiger partial charge in [0.2, 0.25) is 0 Å². The number of hydrogen-bond acceptors (Lipinski definition) is 3. The van der Waals surface area contributed by atoms with Crippen molar-refractivity contribution >= 4 is 6.29 Å². The number of carbonyl (C=O) groups is 1.